The third-order valence-electron chi connectivity index (χ3n) is 5.64. The average molecular weight is 430 g/mol. The first-order chi connectivity index (χ1) is 14.7. The van der Waals surface area contributed by atoms with Gasteiger partial charge in [-0.2, -0.15) is 0 Å². The number of rotatable bonds is 6. The van der Waals surface area contributed by atoms with Crippen LogP contribution in [0.25, 0.3) is 0 Å². The number of hydrogen-bond donors (Lipinski definition) is 2. The lowest BCUT2D eigenvalue weighted by Gasteiger charge is -2.37. The molecule has 1 aliphatic rings. The van der Waals surface area contributed by atoms with Crippen molar-refractivity contribution >= 4 is 23.2 Å². The predicted octanol–water partition coefficient (Wildman–Crippen LogP) is 3.16. The van der Waals surface area contributed by atoms with E-state index in [0.29, 0.717) is 26.2 Å². The molecule has 1 atom stereocenters. The van der Waals surface area contributed by atoms with Crippen LogP contribution in [-0.2, 0) is 9.59 Å². The highest BCUT2D eigenvalue weighted by molar-refractivity contribution is 5.95. The fourth-order valence-corrected chi connectivity index (χ4v) is 3.70. The zero-order valence-corrected chi connectivity index (χ0v) is 18.0. The molecule has 1 saturated heterocycles. The van der Waals surface area contributed by atoms with Crippen molar-refractivity contribution in [3.8, 4) is 0 Å². The lowest BCUT2D eigenvalue weighted by atomic mass is 10.1. The first-order valence-electron chi connectivity index (χ1n) is 10.3. The SMILES string of the molecule is Cc1cccc(C)c1NC(=O)CN1CCN(C(C)C(=O)Nc2ccc(F)cc2F)CC1. The van der Waals surface area contributed by atoms with Crippen LogP contribution in [0.2, 0.25) is 0 Å². The number of benzene rings is 2. The summed E-state index contributed by atoms with van der Waals surface area (Å²) >= 11 is 0. The molecule has 0 saturated carbocycles. The molecule has 0 spiro atoms. The van der Waals surface area contributed by atoms with Gasteiger partial charge in [0.05, 0.1) is 18.3 Å². The quantitative estimate of drug-likeness (QED) is 0.739. The van der Waals surface area contributed by atoms with Crippen LogP contribution in [0.1, 0.15) is 18.1 Å². The molecule has 1 fully saturated rings. The Bertz CT molecular complexity index is 938. The van der Waals surface area contributed by atoms with Crippen LogP contribution in [0.3, 0.4) is 0 Å². The standard InChI is InChI=1S/C23H28F2N4O2/c1-15-5-4-6-16(2)22(15)27-21(30)14-28-9-11-29(12-10-28)17(3)23(31)26-20-8-7-18(24)13-19(20)25/h4-8,13,17H,9-12,14H2,1-3H3,(H,26,31)(H,27,30). The summed E-state index contributed by atoms with van der Waals surface area (Å²) in [7, 11) is 0. The number of nitrogens with zero attached hydrogens (tertiary/aromatic N) is 2. The van der Waals surface area contributed by atoms with E-state index in [0.717, 1.165) is 28.9 Å². The Labute approximate surface area is 181 Å². The van der Waals surface area contributed by atoms with Crippen molar-refractivity contribution in [2.45, 2.75) is 26.8 Å². The number of nitrogens with one attached hydrogen (secondary N) is 2. The summed E-state index contributed by atoms with van der Waals surface area (Å²) in [4.78, 5) is 29.0. The number of piperazine rings is 1. The van der Waals surface area contributed by atoms with Crippen molar-refractivity contribution in [3.63, 3.8) is 0 Å². The molecule has 8 heteroatoms. The molecule has 31 heavy (non-hydrogen) atoms. The third kappa shape index (κ3) is 5.86. The van der Waals surface area contributed by atoms with Crippen molar-refractivity contribution < 1.29 is 18.4 Å². The summed E-state index contributed by atoms with van der Waals surface area (Å²) in [5.74, 6) is -1.92. The molecule has 2 N–H and O–H groups in total. The Morgan fingerprint density at radius 3 is 2.26 bits per heavy atom. The largest absolute Gasteiger partial charge is 0.324 e. The maximum absolute atomic E-state index is 13.8. The van der Waals surface area contributed by atoms with E-state index < -0.39 is 17.7 Å². The lowest BCUT2D eigenvalue weighted by molar-refractivity contribution is -0.122. The monoisotopic (exact) mass is 430 g/mol. The second-order valence-corrected chi connectivity index (χ2v) is 7.92. The molecule has 2 aromatic rings. The average Bonchev–Trinajstić information content (AvgIpc) is 2.73. The zero-order chi connectivity index (χ0) is 22.5. The maximum atomic E-state index is 13.8. The fourth-order valence-electron chi connectivity index (χ4n) is 3.70. The van der Waals surface area contributed by atoms with Crippen LogP contribution in [0.5, 0.6) is 0 Å². The molecule has 1 unspecified atom stereocenters. The highest BCUT2D eigenvalue weighted by Gasteiger charge is 2.27. The molecular weight excluding hydrogens is 402 g/mol. The second kappa shape index (κ2) is 9.98. The molecule has 2 aromatic carbocycles. The Kier molecular flexibility index (Phi) is 7.35. The number of carbonyl (C=O) groups is 2. The van der Waals surface area contributed by atoms with Gasteiger partial charge in [0.1, 0.15) is 11.6 Å². The van der Waals surface area contributed by atoms with E-state index in [4.69, 9.17) is 0 Å². The van der Waals surface area contributed by atoms with Gasteiger partial charge in [0.2, 0.25) is 11.8 Å². The molecule has 0 radical (unpaired) electrons. The third-order valence-corrected chi connectivity index (χ3v) is 5.64. The van der Waals surface area contributed by atoms with Crippen molar-refractivity contribution in [2.24, 2.45) is 0 Å². The van der Waals surface area contributed by atoms with E-state index in [1.807, 2.05) is 41.8 Å². The summed E-state index contributed by atoms with van der Waals surface area (Å²) in [6.07, 6.45) is 0. The van der Waals surface area contributed by atoms with Crippen LogP contribution in [0, 0.1) is 25.5 Å². The van der Waals surface area contributed by atoms with Gasteiger partial charge in [-0.1, -0.05) is 18.2 Å². The van der Waals surface area contributed by atoms with Gasteiger partial charge in [-0.05, 0) is 44.0 Å². The van der Waals surface area contributed by atoms with Crippen LogP contribution in [0.4, 0.5) is 20.2 Å². The molecule has 6 nitrogen and oxygen atoms in total. The first kappa shape index (κ1) is 22.8. The molecule has 166 valence electrons. The number of hydrogen-bond acceptors (Lipinski definition) is 4. The molecule has 0 aromatic heterocycles. The highest BCUT2D eigenvalue weighted by atomic mass is 19.1. The minimum absolute atomic E-state index is 0.0416. The normalized spacial score (nSPS) is 16.0. The van der Waals surface area contributed by atoms with Crippen molar-refractivity contribution in [3.05, 3.63) is 59.2 Å². The van der Waals surface area contributed by atoms with Gasteiger partial charge in [0.25, 0.3) is 0 Å². The molecule has 1 aliphatic heterocycles. The van der Waals surface area contributed by atoms with Crippen LogP contribution >= 0.6 is 0 Å². The van der Waals surface area contributed by atoms with E-state index in [1.54, 1.807) is 6.92 Å². The number of carbonyl (C=O) groups excluding carboxylic acids is 2. The Morgan fingerprint density at radius 1 is 1.00 bits per heavy atom. The summed E-state index contributed by atoms with van der Waals surface area (Å²) in [5.41, 5.74) is 2.86. The number of halogens is 2. The van der Waals surface area contributed by atoms with Crippen LogP contribution in [0.15, 0.2) is 36.4 Å². The Hall–Kier alpha value is -2.84. The Morgan fingerprint density at radius 2 is 1.65 bits per heavy atom. The molecule has 1 heterocycles. The zero-order valence-electron chi connectivity index (χ0n) is 18.0. The topological polar surface area (TPSA) is 64.7 Å². The van der Waals surface area contributed by atoms with Gasteiger partial charge in [0.15, 0.2) is 0 Å². The van der Waals surface area contributed by atoms with E-state index in [9.17, 15) is 18.4 Å². The van der Waals surface area contributed by atoms with Gasteiger partial charge in [0, 0.05) is 37.9 Å². The maximum Gasteiger partial charge on any atom is 0.241 e. The smallest absolute Gasteiger partial charge is 0.241 e. The summed E-state index contributed by atoms with van der Waals surface area (Å²) in [6, 6.07) is 8.46. The Balaban J connectivity index is 1.48. The van der Waals surface area contributed by atoms with Gasteiger partial charge in [-0.15, -0.1) is 0 Å². The lowest BCUT2D eigenvalue weighted by Crippen LogP contribution is -2.53. The summed E-state index contributed by atoms with van der Waals surface area (Å²) < 4.78 is 26.8. The second-order valence-electron chi connectivity index (χ2n) is 7.92. The van der Waals surface area contributed by atoms with Crippen molar-refractivity contribution in [1.29, 1.82) is 0 Å². The highest BCUT2D eigenvalue weighted by Crippen LogP contribution is 2.20. The van der Waals surface area contributed by atoms with Gasteiger partial charge in [-0.25, -0.2) is 8.78 Å². The molecule has 3 rings (SSSR count). The van der Waals surface area contributed by atoms with Crippen molar-refractivity contribution in [1.82, 2.24) is 9.80 Å². The summed E-state index contributed by atoms with van der Waals surface area (Å²) in [6.45, 7) is 8.46. The van der Waals surface area contributed by atoms with E-state index in [2.05, 4.69) is 10.6 Å². The van der Waals surface area contributed by atoms with Crippen LogP contribution in [-0.4, -0.2) is 60.4 Å². The van der Waals surface area contributed by atoms with E-state index >= 15 is 0 Å². The number of amides is 2. The van der Waals surface area contributed by atoms with Crippen molar-refractivity contribution in [2.75, 3.05) is 43.4 Å². The predicted molar refractivity (Wildman–Crippen MR) is 117 cm³/mol. The van der Waals surface area contributed by atoms with Gasteiger partial charge >= 0.3 is 0 Å². The summed E-state index contributed by atoms with van der Waals surface area (Å²) in [5, 5.41) is 5.51. The molecule has 0 bridgehead atoms. The van der Waals surface area contributed by atoms with E-state index in [-0.39, 0.29) is 24.0 Å². The van der Waals surface area contributed by atoms with E-state index in [1.165, 1.54) is 6.07 Å². The first-order valence-corrected chi connectivity index (χ1v) is 10.3. The number of para-hydroxylation sites is 1. The molecular formula is C23H28F2N4O2. The minimum Gasteiger partial charge on any atom is -0.324 e. The fraction of sp³-hybridized carbons (Fsp3) is 0.391. The molecule has 0 aliphatic carbocycles. The van der Waals surface area contributed by atoms with Crippen LogP contribution < -0.4 is 10.6 Å². The number of aryl methyl sites for hydroxylation is 2. The number of anilines is 2. The van der Waals surface area contributed by atoms with Gasteiger partial charge < -0.3 is 10.6 Å². The minimum atomic E-state index is -0.805. The van der Waals surface area contributed by atoms with Gasteiger partial charge in [-0.3, -0.25) is 19.4 Å². The molecule has 2 amide bonds.